The molecule has 0 spiro atoms. The van der Waals surface area contributed by atoms with Crippen molar-refractivity contribution < 1.29 is 14.4 Å². The zero-order chi connectivity index (χ0) is 13.7. The average Bonchev–Trinajstić information content (AvgIpc) is 2.84. The van der Waals surface area contributed by atoms with Gasteiger partial charge in [-0.15, -0.1) is 11.8 Å². The fraction of sp³-hybridized carbons (Fsp3) is 0.250. The van der Waals surface area contributed by atoms with Crippen LogP contribution in [0.3, 0.4) is 0 Å². The van der Waals surface area contributed by atoms with Gasteiger partial charge in [-0.1, -0.05) is 34.6 Å². The molecule has 2 aromatic rings. The molecule has 0 bridgehead atoms. The Kier molecular flexibility index (Phi) is 4.86. The van der Waals surface area contributed by atoms with Crippen molar-refractivity contribution in [2.24, 2.45) is 0 Å². The summed E-state index contributed by atoms with van der Waals surface area (Å²) in [7, 11) is 0. The Labute approximate surface area is 118 Å². The second-order valence-electron chi connectivity index (χ2n) is 3.76. The van der Waals surface area contributed by atoms with Crippen molar-refractivity contribution in [2.45, 2.75) is 22.8 Å². The van der Waals surface area contributed by atoms with Crippen LogP contribution < -0.4 is 0 Å². The smallest absolute Gasteiger partial charge is 0.314 e. The van der Waals surface area contributed by atoms with Gasteiger partial charge in [-0.25, -0.2) is 0 Å². The van der Waals surface area contributed by atoms with Crippen LogP contribution in [0.25, 0.3) is 0 Å². The quantitative estimate of drug-likeness (QED) is 0.821. The third-order valence-electron chi connectivity index (χ3n) is 2.16. The molecule has 0 fully saturated rings. The van der Waals surface area contributed by atoms with Crippen LogP contribution in [-0.4, -0.2) is 27.0 Å². The zero-order valence-corrected chi connectivity index (χ0v) is 11.8. The van der Waals surface area contributed by atoms with E-state index in [-0.39, 0.29) is 5.75 Å². The minimum atomic E-state index is -0.904. The Morgan fingerprint density at radius 2 is 2.05 bits per heavy atom. The third kappa shape index (κ3) is 4.60. The molecule has 19 heavy (non-hydrogen) atoms. The molecule has 7 heteroatoms. The third-order valence-corrected chi connectivity index (χ3v) is 3.97. The molecule has 2 rings (SSSR count). The number of hydrogen-bond donors (Lipinski definition) is 1. The van der Waals surface area contributed by atoms with Crippen molar-refractivity contribution in [3.05, 3.63) is 35.7 Å². The first-order chi connectivity index (χ1) is 9.13. The maximum absolute atomic E-state index is 10.4. The first kappa shape index (κ1) is 14.0. The molecule has 0 saturated heterocycles. The number of thioether (sulfide) groups is 2. The Balaban J connectivity index is 1.86. The van der Waals surface area contributed by atoms with Gasteiger partial charge in [0.15, 0.2) is 5.82 Å². The lowest BCUT2D eigenvalue weighted by molar-refractivity contribution is -0.133. The zero-order valence-electron chi connectivity index (χ0n) is 10.2. The number of carboxylic acids is 1. The van der Waals surface area contributed by atoms with Gasteiger partial charge in [-0.2, -0.15) is 4.98 Å². The highest BCUT2D eigenvalue weighted by atomic mass is 32.2. The molecule has 0 unspecified atom stereocenters. The van der Waals surface area contributed by atoms with Gasteiger partial charge in [0.1, 0.15) is 5.75 Å². The summed E-state index contributed by atoms with van der Waals surface area (Å²) in [5, 5.41) is 12.6. The summed E-state index contributed by atoms with van der Waals surface area (Å²) in [6.45, 7) is 2.04. The average molecular weight is 296 g/mol. The number of hydrogen-bond acceptors (Lipinski definition) is 6. The van der Waals surface area contributed by atoms with E-state index in [4.69, 9.17) is 9.63 Å². The van der Waals surface area contributed by atoms with E-state index >= 15 is 0 Å². The van der Waals surface area contributed by atoms with E-state index in [0.717, 1.165) is 16.7 Å². The van der Waals surface area contributed by atoms with Crippen molar-refractivity contribution in [2.75, 3.05) is 5.75 Å². The van der Waals surface area contributed by atoms with Crippen LogP contribution in [0.15, 0.2) is 38.9 Å². The molecule has 0 aliphatic rings. The maximum atomic E-state index is 10.4. The summed E-state index contributed by atoms with van der Waals surface area (Å²) in [6, 6.07) is 8.18. The molecule has 1 aromatic carbocycles. The molecule has 0 atom stereocenters. The van der Waals surface area contributed by atoms with Gasteiger partial charge in [0.25, 0.3) is 5.22 Å². The van der Waals surface area contributed by atoms with Crippen LogP contribution in [-0.2, 0) is 10.5 Å². The van der Waals surface area contributed by atoms with Crippen LogP contribution in [0.1, 0.15) is 11.4 Å². The molecular formula is C12H12N2O3S2. The van der Waals surface area contributed by atoms with Crippen LogP contribution >= 0.6 is 23.5 Å². The molecule has 0 radical (unpaired) electrons. The number of benzene rings is 1. The van der Waals surface area contributed by atoms with E-state index in [1.165, 1.54) is 5.56 Å². The fourth-order valence-electron chi connectivity index (χ4n) is 1.26. The number of aromatic nitrogens is 2. The molecule has 1 N–H and O–H groups in total. The van der Waals surface area contributed by atoms with Crippen LogP contribution in [0.4, 0.5) is 0 Å². The number of aryl methyl sites for hydroxylation is 1. The first-order valence-electron chi connectivity index (χ1n) is 5.50. The number of aliphatic carboxylic acids is 1. The minimum absolute atomic E-state index is 0.0766. The van der Waals surface area contributed by atoms with Crippen molar-refractivity contribution >= 4 is 29.5 Å². The van der Waals surface area contributed by atoms with Gasteiger partial charge < -0.3 is 9.63 Å². The summed E-state index contributed by atoms with van der Waals surface area (Å²) < 4.78 is 4.95. The summed E-state index contributed by atoms with van der Waals surface area (Å²) in [6.07, 6.45) is 0. The normalized spacial score (nSPS) is 10.6. The molecule has 0 aliphatic heterocycles. The van der Waals surface area contributed by atoms with Crippen LogP contribution in [0, 0.1) is 6.92 Å². The Morgan fingerprint density at radius 1 is 1.32 bits per heavy atom. The molecular weight excluding hydrogens is 284 g/mol. The number of carbonyl (C=O) groups is 1. The maximum Gasteiger partial charge on any atom is 0.314 e. The van der Waals surface area contributed by atoms with E-state index in [1.807, 2.05) is 31.2 Å². The Morgan fingerprint density at radius 3 is 2.74 bits per heavy atom. The highest BCUT2D eigenvalue weighted by Crippen LogP contribution is 2.23. The molecule has 100 valence electrons. The summed E-state index contributed by atoms with van der Waals surface area (Å²) >= 11 is 2.63. The second kappa shape index (κ2) is 6.63. The molecule has 0 aliphatic carbocycles. The highest BCUT2D eigenvalue weighted by Gasteiger charge is 2.09. The van der Waals surface area contributed by atoms with Gasteiger partial charge in [-0.05, 0) is 19.1 Å². The topological polar surface area (TPSA) is 76.2 Å². The predicted molar refractivity (Wildman–Crippen MR) is 73.4 cm³/mol. The summed E-state index contributed by atoms with van der Waals surface area (Å²) in [5.74, 6) is 0.185. The number of carboxylic acid groups (broad SMARTS) is 1. The molecule has 0 saturated carbocycles. The number of nitrogens with zero attached hydrogens (tertiary/aromatic N) is 2. The van der Waals surface area contributed by atoms with E-state index in [0.29, 0.717) is 16.8 Å². The monoisotopic (exact) mass is 296 g/mol. The van der Waals surface area contributed by atoms with Gasteiger partial charge in [0.2, 0.25) is 0 Å². The van der Waals surface area contributed by atoms with E-state index in [2.05, 4.69) is 10.1 Å². The SMILES string of the molecule is Cc1ccc(SCc2noc(SCC(=O)O)n2)cc1. The van der Waals surface area contributed by atoms with Crippen molar-refractivity contribution in [1.82, 2.24) is 10.1 Å². The van der Waals surface area contributed by atoms with Crippen molar-refractivity contribution in [1.29, 1.82) is 0 Å². The lowest BCUT2D eigenvalue weighted by Gasteiger charge is -1.98. The van der Waals surface area contributed by atoms with Crippen molar-refractivity contribution in [3.63, 3.8) is 0 Å². The lowest BCUT2D eigenvalue weighted by Crippen LogP contribution is -1.97. The minimum Gasteiger partial charge on any atom is -0.481 e. The molecule has 0 amide bonds. The highest BCUT2D eigenvalue weighted by molar-refractivity contribution is 7.99. The van der Waals surface area contributed by atoms with Gasteiger partial charge in [0, 0.05) is 4.90 Å². The standard InChI is InChI=1S/C12H12N2O3S2/c1-8-2-4-9(5-3-8)18-6-10-13-12(17-14-10)19-7-11(15)16/h2-5H,6-7H2,1H3,(H,15,16). The second-order valence-corrected chi connectivity index (χ2v) is 5.74. The van der Waals surface area contributed by atoms with Crippen LogP contribution in [0.2, 0.25) is 0 Å². The fourth-order valence-corrected chi connectivity index (χ4v) is 2.51. The van der Waals surface area contributed by atoms with Crippen molar-refractivity contribution in [3.8, 4) is 0 Å². The largest absolute Gasteiger partial charge is 0.481 e. The Bertz CT molecular complexity index is 554. The van der Waals surface area contributed by atoms with Gasteiger partial charge >= 0.3 is 5.97 Å². The Hall–Kier alpha value is -1.47. The van der Waals surface area contributed by atoms with Gasteiger partial charge in [0.05, 0.1) is 5.75 Å². The summed E-state index contributed by atoms with van der Waals surface area (Å²) in [4.78, 5) is 15.7. The van der Waals surface area contributed by atoms with E-state index in [1.54, 1.807) is 11.8 Å². The van der Waals surface area contributed by atoms with E-state index in [9.17, 15) is 4.79 Å². The molecule has 1 aromatic heterocycles. The van der Waals surface area contributed by atoms with E-state index < -0.39 is 5.97 Å². The number of rotatable bonds is 6. The summed E-state index contributed by atoms with van der Waals surface area (Å²) in [5.41, 5.74) is 1.22. The molecule has 1 heterocycles. The predicted octanol–water partition coefficient (Wildman–Crippen LogP) is 2.85. The van der Waals surface area contributed by atoms with Gasteiger partial charge in [-0.3, -0.25) is 4.79 Å². The van der Waals surface area contributed by atoms with Crippen LogP contribution in [0.5, 0.6) is 0 Å². The first-order valence-corrected chi connectivity index (χ1v) is 7.47. The molecule has 5 nitrogen and oxygen atoms in total. The lowest BCUT2D eigenvalue weighted by atomic mass is 10.2.